The van der Waals surface area contributed by atoms with E-state index in [4.69, 9.17) is 15.7 Å². The number of carbonyl (C=O) groups is 1. The predicted molar refractivity (Wildman–Crippen MR) is 59.2 cm³/mol. The van der Waals surface area contributed by atoms with Crippen molar-refractivity contribution >= 4 is 5.91 Å². The topological polar surface area (TPSA) is 84.6 Å². The van der Waals surface area contributed by atoms with Crippen molar-refractivity contribution in [3.63, 3.8) is 0 Å². The molecule has 0 unspecified atom stereocenters. The minimum atomic E-state index is -1.15. The fourth-order valence-corrected chi connectivity index (χ4v) is 1.41. The molecule has 16 heavy (non-hydrogen) atoms. The molecule has 0 saturated heterocycles. The van der Waals surface area contributed by atoms with Crippen LogP contribution < -0.4 is 16.0 Å². The molecule has 0 fully saturated rings. The molecule has 4 N–H and O–H groups in total. The molecule has 1 aromatic rings. The van der Waals surface area contributed by atoms with Crippen LogP contribution in [0.25, 0.3) is 0 Å². The Balaban J connectivity index is 2.83. The van der Waals surface area contributed by atoms with Crippen molar-refractivity contribution in [2.75, 3.05) is 7.11 Å². The van der Waals surface area contributed by atoms with Crippen LogP contribution in [-0.4, -0.2) is 23.8 Å². The van der Waals surface area contributed by atoms with E-state index in [-0.39, 0.29) is 0 Å². The third-order valence-corrected chi connectivity index (χ3v) is 2.33. The molecule has 5 heteroatoms. The summed E-state index contributed by atoms with van der Waals surface area (Å²) in [4.78, 5) is 11.3. The monoisotopic (exact) mass is 224 g/mol. The van der Waals surface area contributed by atoms with E-state index in [0.29, 0.717) is 12.2 Å². The number of hydroxylamine groups is 1. The number of ether oxygens (including phenoxy) is 1. The first-order chi connectivity index (χ1) is 7.49. The molecule has 0 saturated carbocycles. The smallest absolute Gasteiger partial charge is 0.263 e. The summed E-state index contributed by atoms with van der Waals surface area (Å²) in [5, 5.41) is 8.54. The van der Waals surface area contributed by atoms with Gasteiger partial charge in [0.05, 0.1) is 12.6 Å². The molecule has 1 amide bonds. The summed E-state index contributed by atoms with van der Waals surface area (Å²) in [5.41, 5.74) is 7.06. The summed E-state index contributed by atoms with van der Waals surface area (Å²) in [6.45, 7) is 1.55. The van der Waals surface area contributed by atoms with Gasteiger partial charge < -0.3 is 10.5 Å². The molecule has 0 aromatic heterocycles. The van der Waals surface area contributed by atoms with Gasteiger partial charge in [0.1, 0.15) is 5.75 Å². The summed E-state index contributed by atoms with van der Waals surface area (Å²) in [6, 6.07) is 7.28. The van der Waals surface area contributed by atoms with Crippen LogP contribution in [0, 0.1) is 0 Å². The zero-order valence-electron chi connectivity index (χ0n) is 9.36. The van der Waals surface area contributed by atoms with E-state index in [2.05, 4.69) is 0 Å². The molecule has 5 nitrogen and oxygen atoms in total. The molecular weight excluding hydrogens is 208 g/mol. The van der Waals surface area contributed by atoms with Gasteiger partial charge in [-0.2, -0.15) is 0 Å². The highest BCUT2D eigenvalue weighted by atomic mass is 16.5. The van der Waals surface area contributed by atoms with Crippen LogP contribution in [0.4, 0.5) is 0 Å². The van der Waals surface area contributed by atoms with Crippen molar-refractivity contribution in [2.24, 2.45) is 5.73 Å². The van der Waals surface area contributed by atoms with E-state index < -0.39 is 11.4 Å². The molecule has 0 bridgehead atoms. The summed E-state index contributed by atoms with van der Waals surface area (Å²) in [5.74, 6) is 0.0908. The number of hydrogen-bond donors (Lipinski definition) is 3. The molecule has 1 aromatic carbocycles. The quantitative estimate of drug-likeness (QED) is 0.512. The van der Waals surface area contributed by atoms with Gasteiger partial charge in [0.2, 0.25) is 0 Å². The van der Waals surface area contributed by atoms with Gasteiger partial charge in [-0.25, -0.2) is 5.48 Å². The van der Waals surface area contributed by atoms with Gasteiger partial charge in [-0.3, -0.25) is 10.0 Å². The van der Waals surface area contributed by atoms with E-state index in [0.717, 1.165) is 5.56 Å². The number of amides is 1. The van der Waals surface area contributed by atoms with E-state index in [9.17, 15) is 4.79 Å². The van der Waals surface area contributed by atoms with Crippen LogP contribution >= 0.6 is 0 Å². The maximum absolute atomic E-state index is 11.3. The minimum absolute atomic E-state index is 0.316. The summed E-state index contributed by atoms with van der Waals surface area (Å²) >= 11 is 0. The molecular formula is C11H16N2O3. The lowest BCUT2D eigenvalue weighted by Gasteiger charge is -2.21. The molecule has 0 aliphatic carbocycles. The standard InChI is InChI=1S/C11H16N2O3/c1-11(12,10(14)13-15)7-8-4-3-5-9(6-8)16-2/h3-6,15H,7,12H2,1-2H3,(H,13,14)/t11-/m0/s1. The first-order valence-corrected chi connectivity index (χ1v) is 4.86. The number of nitrogens with one attached hydrogen (secondary N) is 1. The van der Waals surface area contributed by atoms with E-state index in [1.807, 2.05) is 18.2 Å². The zero-order valence-corrected chi connectivity index (χ0v) is 9.36. The van der Waals surface area contributed by atoms with E-state index in [1.54, 1.807) is 25.6 Å². The van der Waals surface area contributed by atoms with Crippen molar-refractivity contribution in [1.29, 1.82) is 0 Å². The SMILES string of the molecule is COc1cccc(C[C@](C)(N)C(=O)NO)c1. The molecule has 88 valence electrons. The zero-order chi connectivity index (χ0) is 12.2. The van der Waals surface area contributed by atoms with E-state index in [1.165, 1.54) is 0 Å². The molecule has 0 aliphatic rings. The third kappa shape index (κ3) is 2.95. The second-order valence-electron chi connectivity index (χ2n) is 3.89. The van der Waals surface area contributed by atoms with Gasteiger partial charge in [-0.1, -0.05) is 12.1 Å². The second-order valence-corrected chi connectivity index (χ2v) is 3.89. The van der Waals surface area contributed by atoms with Gasteiger partial charge >= 0.3 is 0 Å². The summed E-state index contributed by atoms with van der Waals surface area (Å²) in [6.07, 6.45) is 0.316. The summed E-state index contributed by atoms with van der Waals surface area (Å²) < 4.78 is 5.07. The lowest BCUT2D eigenvalue weighted by molar-refractivity contribution is -0.134. The van der Waals surface area contributed by atoms with Crippen LogP contribution in [0.15, 0.2) is 24.3 Å². The Hall–Kier alpha value is -1.59. The van der Waals surface area contributed by atoms with Gasteiger partial charge in [-0.05, 0) is 31.0 Å². The molecule has 1 atom stereocenters. The fourth-order valence-electron chi connectivity index (χ4n) is 1.41. The Morgan fingerprint density at radius 3 is 2.88 bits per heavy atom. The maximum Gasteiger partial charge on any atom is 0.263 e. The minimum Gasteiger partial charge on any atom is -0.497 e. The van der Waals surface area contributed by atoms with Crippen LogP contribution in [0.2, 0.25) is 0 Å². The van der Waals surface area contributed by atoms with Gasteiger partial charge in [0, 0.05) is 0 Å². The van der Waals surface area contributed by atoms with Crippen LogP contribution in [0.3, 0.4) is 0 Å². The predicted octanol–water partition coefficient (Wildman–Crippen LogP) is 0.460. The number of benzene rings is 1. The Labute approximate surface area is 94.2 Å². The highest BCUT2D eigenvalue weighted by Gasteiger charge is 2.28. The summed E-state index contributed by atoms with van der Waals surface area (Å²) in [7, 11) is 1.57. The maximum atomic E-state index is 11.3. The Morgan fingerprint density at radius 2 is 2.31 bits per heavy atom. The Kier molecular flexibility index (Phi) is 3.87. The average Bonchev–Trinajstić information content (AvgIpc) is 2.27. The highest BCUT2D eigenvalue weighted by molar-refractivity contribution is 5.84. The average molecular weight is 224 g/mol. The van der Waals surface area contributed by atoms with Gasteiger partial charge in [0.25, 0.3) is 5.91 Å². The Bertz CT molecular complexity index is 377. The first-order valence-electron chi connectivity index (χ1n) is 4.86. The van der Waals surface area contributed by atoms with Crippen molar-refractivity contribution in [3.8, 4) is 5.75 Å². The molecule has 0 aliphatic heterocycles. The van der Waals surface area contributed by atoms with Crippen molar-refractivity contribution in [1.82, 2.24) is 5.48 Å². The van der Waals surface area contributed by atoms with Gasteiger partial charge in [-0.15, -0.1) is 0 Å². The normalized spacial score (nSPS) is 14.0. The van der Waals surface area contributed by atoms with Crippen molar-refractivity contribution < 1.29 is 14.7 Å². The molecule has 1 rings (SSSR count). The van der Waals surface area contributed by atoms with Crippen molar-refractivity contribution in [2.45, 2.75) is 18.9 Å². The number of methoxy groups -OCH3 is 1. The number of hydrogen-bond acceptors (Lipinski definition) is 4. The largest absolute Gasteiger partial charge is 0.497 e. The van der Waals surface area contributed by atoms with Crippen LogP contribution in [-0.2, 0) is 11.2 Å². The van der Waals surface area contributed by atoms with Crippen LogP contribution in [0.1, 0.15) is 12.5 Å². The second kappa shape index (κ2) is 4.96. The lowest BCUT2D eigenvalue weighted by Crippen LogP contribution is -2.52. The Morgan fingerprint density at radius 1 is 1.62 bits per heavy atom. The van der Waals surface area contributed by atoms with Gasteiger partial charge in [0.15, 0.2) is 0 Å². The molecule has 0 spiro atoms. The fraction of sp³-hybridized carbons (Fsp3) is 0.364. The van der Waals surface area contributed by atoms with Crippen LogP contribution in [0.5, 0.6) is 5.75 Å². The third-order valence-electron chi connectivity index (χ3n) is 2.33. The number of rotatable bonds is 4. The molecule has 0 heterocycles. The lowest BCUT2D eigenvalue weighted by atomic mass is 9.93. The number of nitrogens with two attached hydrogens (primary N) is 1. The van der Waals surface area contributed by atoms with Crippen molar-refractivity contribution in [3.05, 3.63) is 29.8 Å². The van der Waals surface area contributed by atoms with E-state index >= 15 is 0 Å². The molecule has 0 radical (unpaired) electrons. The first kappa shape index (κ1) is 12.5. The number of carbonyl (C=O) groups excluding carboxylic acids is 1. The highest BCUT2D eigenvalue weighted by Crippen LogP contribution is 2.16.